The highest BCUT2D eigenvalue weighted by Crippen LogP contribution is 2.32. The van der Waals surface area contributed by atoms with Crippen LogP contribution in [0.4, 0.5) is 0 Å². The van der Waals surface area contributed by atoms with E-state index in [2.05, 4.69) is 19.9 Å². The molecule has 0 saturated heterocycles. The zero-order chi connectivity index (χ0) is 25.2. The number of aliphatic imine (C=N–C) groups is 1. The molecule has 1 amide bonds. The lowest BCUT2D eigenvalue weighted by Gasteiger charge is -2.16. The lowest BCUT2D eigenvalue weighted by Crippen LogP contribution is -2.17. The number of aromatic amines is 1. The first-order valence-corrected chi connectivity index (χ1v) is 12.5. The van der Waals surface area contributed by atoms with E-state index >= 15 is 0 Å². The fraction of sp³-hybridized carbons (Fsp3) is 0.304. The van der Waals surface area contributed by atoms with E-state index in [-0.39, 0.29) is 28.8 Å². The molecule has 1 aliphatic rings. The standard InChI is InChI=1S/C23H24N4O7S/c1-13(12-31-3)32-16-7-15(18-5-6-19(26-18)23-27-22(28)14(2)33-23)8-17(9-16)34-20-10-25-21(11-24-20)35(4,29)30/h5-11,13-14,26H,12H2,1-4H3/t13-,14-/m0/s1. The Balaban J connectivity index is 1.65. The second-order valence-corrected chi connectivity index (χ2v) is 9.91. The van der Waals surface area contributed by atoms with Crippen molar-refractivity contribution in [1.29, 1.82) is 0 Å². The Kier molecular flexibility index (Phi) is 6.85. The van der Waals surface area contributed by atoms with Crippen LogP contribution < -0.4 is 9.47 Å². The van der Waals surface area contributed by atoms with Crippen molar-refractivity contribution in [3.8, 4) is 28.6 Å². The van der Waals surface area contributed by atoms with E-state index in [1.165, 1.54) is 6.20 Å². The number of carbonyl (C=O) groups is 1. The fourth-order valence-corrected chi connectivity index (χ4v) is 3.76. The van der Waals surface area contributed by atoms with E-state index in [1.807, 2.05) is 19.1 Å². The highest BCUT2D eigenvalue weighted by Gasteiger charge is 2.26. The number of H-pyrrole nitrogens is 1. The monoisotopic (exact) mass is 500 g/mol. The zero-order valence-corrected chi connectivity index (χ0v) is 20.3. The van der Waals surface area contributed by atoms with Crippen LogP contribution in [0.3, 0.4) is 0 Å². The van der Waals surface area contributed by atoms with Gasteiger partial charge in [-0.1, -0.05) is 0 Å². The molecule has 0 saturated carbocycles. The Labute approximate surface area is 202 Å². The van der Waals surface area contributed by atoms with E-state index in [1.54, 1.807) is 32.2 Å². The number of rotatable bonds is 9. The fourth-order valence-electron chi connectivity index (χ4n) is 3.27. The molecule has 3 aromatic rings. The van der Waals surface area contributed by atoms with Gasteiger partial charge in [-0.3, -0.25) is 4.79 Å². The summed E-state index contributed by atoms with van der Waals surface area (Å²) in [5, 5.41) is -0.153. The second kappa shape index (κ2) is 9.84. The van der Waals surface area contributed by atoms with Crippen molar-refractivity contribution in [1.82, 2.24) is 15.0 Å². The van der Waals surface area contributed by atoms with Gasteiger partial charge in [-0.15, -0.1) is 0 Å². The SMILES string of the molecule is COC[C@H](C)Oc1cc(Oc2cnc(S(C)(=O)=O)cn2)cc(-c2ccc(C3=NC(=O)[C@H](C)O3)[nH]2)c1. The number of sulfone groups is 1. The predicted octanol–water partition coefficient (Wildman–Crippen LogP) is 2.77. The van der Waals surface area contributed by atoms with Crippen LogP contribution in [0.25, 0.3) is 11.3 Å². The Bertz CT molecular complexity index is 1370. The summed E-state index contributed by atoms with van der Waals surface area (Å²) >= 11 is 0. The number of nitrogens with one attached hydrogen (secondary N) is 1. The molecule has 184 valence electrons. The zero-order valence-electron chi connectivity index (χ0n) is 19.5. The summed E-state index contributed by atoms with van der Waals surface area (Å²) in [6, 6.07) is 8.82. The number of hydrogen-bond acceptors (Lipinski definition) is 9. The summed E-state index contributed by atoms with van der Waals surface area (Å²) in [4.78, 5) is 26.8. The maximum Gasteiger partial charge on any atom is 0.289 e. The van der Waals surface area contributed by atoms with Crippen LogP contribution in [0.1, 0.15) is 19.5 Å². The van der Waals surface area contributed by atoms with Gasteiger partial charge in [0.25, 0.3) is 5.91 Å². The highest BCUT2D eigenvalue weighted by molar-refractivity contribution is 7.90. The number of benzene rings is 1. The van der Waals surface area contributed by atoms with Gasteiger partial charge in [-0.25, -0.2) is 18.4 Å². The van der Waals surface area contributed by atoms with E-state index in [0.29, 0.717) is 35.1 Å². The average Bonchev–Trinajstić information content (AvgIpc) is 3.40. The van der Waals surface area contributed by atoms with Gasteiger partial charge in [0.1, 0.15) is 23.3 Å². The van der Waals surface area contributed by atoms with Gasteiger partial charge >= 0.3 is 0 Å². The van der Waals surface area contributed by atoms with E-state index in [9.17, 15) is 13.2 Å². The van der Waals surface area contributed by atoms with Gasteiger partial charge in [-0.2, -0.15) is 4.99 Å². The van der Waals surface area contributed by atoms with Crippen molar-refractivity contribution in [3.63, 3.8) is 0 Å². The smallest absolute Gasteiger partial charge is 0.289 e. The summed E-state index contributed by atoms with van der Waals surface area (Å²) < 4.78 is 45.7. The van der Waals surface area contributed by atoms with E-state index in [4.69, 9.17) is 18.9 Å². The molecule has 0 fully saturated rings. The molecule has 2 atom stereocenters. The molecule has 0 bridgehead atoms. The molecule has 1 aromatic carbocycles. The van der Waals surface area contributed by atoms with Crippen LogP contribution in [0, 0.1) is 0 Å². The summed E-state index contributed by atoms with van der Waals surface area (Å²) in [7, 11) is -1.89. The third-order valence-corrected chi connectivity index (χ3v) is 5.87. The first kappa shape index (κ1) is 24.4. The van der Waals surface area contributed by atoms with Gasteiger partial charge in [0.05, 0.1) is 19.0 Å². The maximum atomic E-state index is 11.7. The van der Waals surface area contributed by atoms with Gasteiger partial charge in [0.2, 0.25) is 11.8 Å². The molecule has 3 heterocycles. The number of ether oxygens (including phenoxy) is 4. The molecule has 0 aliphatic carbocycles. The van der Waals surface area contributed by atoms with Crippen molar-refractivity contribution in [2.24, 2.45) is 4.99 Å². The number of aromatic nitrogens is 3. The van der Waals surface area contributed by atoms with Crippen molar-refractivity contribution >= 4 is 21.6 Å². The number of carbonyl (C=O) groups excluding carboxylic acids is 1. The van der Waals surface area contributed by atoms with E-state index < -0.39 is 15.9 Å². The third-order valence-electron chi connectivity index (χ3n) is 4.90. The van der Waals surface area contributed by atoms with Crippen LogP contribution in [0.2, 0.25) is 0 Å². The van der Waals surface area contributed by atoms with Crippen molar-refractivity contribution in [2.75, 3.05) is 20.0 Å². The molecule has 12 heteroatoms. The molecule has 1 aliphatic heterocycles. The molecular weight excluding hydrogens is 476 g/mol. The molecule has 0 radical (unpaired) electrons. The quantitative estimate of drug-likeness (QED) is 0.469. The molecule has 1 N–H and O–H groups in total. The number of nitrogens with zero attached hydrogens (tertiary/aromatic N) is 3. The molecule has 2 aromatic heterocycles. The normalized spacial score (nSPS) is 16.5. The lowest BCUT2D eigenvalue weighted by atomic mass is 10.1. The Morgan fingerprint density at radius 1 is 1.11 bits per heavy atom. The topological polar surface area (TPSA) is 142 Å². The minimum absolute atomic E-state index is 0.110. The summed E-state index contributed by atoms with van der Waals surface area (Å²) in [5.74, 6) is 0.902. The van der Waals surface area contributed by atoms with Crippen LogP contribution in [0.5, 0.6) is 17.4 Å². The third kappa shape index (κ3) is 5.84. The van der Waals surface area contributed by atoms with Crippen LogP contribution in [-0.2, 0) is 24.1 Å². The van der Waals surface area contributed by atoms with Crippen LogP contribution in [0.15, 0.2) is 52.7 Å². The maximum absolute atomic E-state index is 11.7. The van der Waals surface area contributed by atoms with Crippen molar-refractivity contribution in [3.05, 3.63) is 48.4 Å². The molecular formula is C23H24N4O7S. The number of amides is 1. The summed E-state index contributed by atoms with van der Waals surface area (Å²) in [6.45, 7) is 3.89. The second-order valence-electron chi connectivity index (χ2n) is 7.94. The molecule has 0 unspecified atom stereocenters. The Morgan fingerprint density at radius 3 is 2.49 bits per heavy atom. The largest absolute Gasteiger partial charge is 0.488 e. The first-order chi connectivity index (χ1) is 16.6. The van der Waals surface area contributed by atoms with Gasteiger partial charge in [0, 0.05) is 30.7 Å². The van der Waals surface area contributed by atoms with Crippen molar-refractivity contribution < 1.29 is 32.2 Å². The average molecular weight is 501 g/mol. The van der Waals surface area contributed by atoms with Gasteiger partial charge < -0.3 is 23.9 Å². The lowest BCUT2D eigenvalue weighted by molar-refractivity contribution is -0.121. The minimum Gasteiger partial charge on any atom is -0.488 e. The molecule has 4 rings (SSSR count). The molecule has 11 nitrogen and oxygen atoms in total. The van der Waals surface area contributed by atoms with Crippen molar-refractivity contribution in [2.45, 2.75) is 31.1 Å². The molecule has 0 spiro atoms. The first-order valence-electron chi connectivity index (χ1n) is 10.6. The summed E-state index contributed by atoms with van der Waals surface area (Å²) in [5.41, 5.74) is 1.97. The Hall–Kier alpha value is -3.77. The minimum atomic E-state index is -3.48. The number of methoxy groups -OCH3 is 1. The highest BCUT2D eigenvalue weighted by atomic mass is 32.2. The Morgan fingerprint density at radius 2 is 1.86 bits per heavy atom. The van der Waals surface area contributed by atoms with Crippen LogP contribution in [-0.4, -0.2) is 67.4 Å². The summed E-state index contributed by atoms with van der Waals surface area (Å²) in [6.07, 6.45) is 2.57. The number of hydrogen-bond donors (Lipinski definition) is 1. The van der Waals surface area contributed by atoms with Gasteiger partial charge in [0.15, 0.2) is 21.0 Å². The van der Waals surface area contributed by atoms with E-state index in [0.717, 1.165) is 12.5 Å². The van der Waals surface area contributed by atoms with Crippen LogP contribution >= 0.6 is 0 Å². The predicted molar refractivity (Wildman–Crippen MR) is 126 cm³/mol. The molecule has 35 heavy (non-hydrogen) atoms. The van der Waals surface area contributed by atoms with Gasteiger partial charge in [-0.05, 0) is 38.1 Å².